The van der Waals surface area contributed by atoms with Crippen molar-refractivity contribution in [2.24, 2.45) is 5.92 Å². The van der Waals surface area contributed by atoms with Crippen LogP contribution in [0, 0.1) is 5.92 Å². The van der Waals surface area contributed by atoms with Gasteiger partial charge in [0.15, 0.2) is 5.11 Å². The fourth-order valence-corrected chi connectivity index (χ4v) is 6.82. The Morgan fingerprint density at radius 1 is 0.925 bits per heavy atom. The molecule has 1 aliphatic carbocycles. The van der Waals surface area contributed by atoms with Gasteiger partial charge >= 0.3 is 0 Å². The van der Waals surface area contributed by atoms with E-state index >= 15 is 0 Å². The smallest absolute Gasteiger partial charge is 0.232 e. The lowest BCUT2D eigenvalue weighted by Crippen LogP contribution is -2.43. The van der Waals surface area contributed by atoms with E-state index in [-0.39, 0.29) is 5.41 Å². The number of nitrogens with zero attached hydrogens (tertiary/aromatic N) is 4. The van der Waals surface area contributed by atoms with Crippen LogP contribution < -0.4 is 20.4 Å². The average molecular weight is 575 g/mol. The van der Waals surface area contributed by atoms with Gasteiger partial charge in [-0.2, -0.15) is 9.97 Å². The zero-order valence-electron chi connectivity index (χ0n) is 23.3. The van der Waals surface area contributed by atoms with Gasteiger partial charge in [0.05, 0.1) is 0 Å². The van der Waals surface area contributed by atoms with Gasteiger partial charge in [0, 0.05) is 49.2 Å². The van der Waals surface area contributed by atoms with Gasteiger partial charge in [-0.05, 0) is 72.6 Å². The van der Waals surface area contributed by atoms with Crippen molar-refractivity contribution in [3.63, 3.8) is 0 Å². The Kier molecular flexibility index (Phi) is 8.12. The third-order valence-electron chi connectivity index (χ3n) is 9.05. The second-order valence-electron chi connectivity index (χ2n) is 11.9. The number of halogens is 1. The highest BCUT2D eigenvalue weighted by molar-refractivity contribution is 7.80. The maximum atomic E-state index is 6.21. The molecule has 2 aliphatic heterocycles. The maximum absolute atomic E-state index is 6.21. The number of hydrogen-bond acceptors (Lipinski definition) is 5. The number of benzene rings is 2. The second kappa shape index (κ2) is 11.9. The molecule has 0 bridgehead atoms. The molecule has 0 spiro atoms. The van der Waals surface area contributed by atoms with E-state index in [0.717, 1.165) is 68.1 Å². The molecular weight excluding hydrogens is 536 g/mol. The lowest BCUT2D eigenvalue weighted by atomic mass is 9.69. The van der Waals surface area contributed by atoms with Gasteiger partial charge in [-0.3, -0.25) is 0 Å². The number of hydrogen-bond donors (Lipinski definition) is 2. The van der Waals surface area contributed by atoms with Gasteiger partial charge in [-0.15, -0.1) is 0 Å². The summed E-state index contributed by atoms with van der Waals surface area (Å²) in [5.41, 5.74) is 4.11. The summed E-state index contributed by atoms with van der Waals surface area (Å²) in [4.78, 5) is 14.7. The Labute approximate surface area is 248 Å². The van der Waals surface area contributed by atoms with E-state index in [0.29, 0.717) is 11.1 Å². The number of thiocarbonyl (C=S) groups is 1. The predicted octanol–water partition coefficient (Wildman–Crippen LogP) is 7.08. The van der Waals surface area contributed by atoms with Crippen molar-refractivity contribution in [1.29, 1.82) is 0 Å². The third-order valence-corrected chi connectivity index (χ3v) is 9.55. The molecule has 1 saturated heterocycles. The van der Waals surface area contributed by atoms with Crippen LogP contribution in [0.15, 0.2) is 54.6 Å². The van der Waals surface area contributed by atoms with Crippen molar-refractivity contribution in [2.45, 2.75) is 70.4 Å². The highest BCUT2D eigenvalue weighted by Crippen LogP contribution is 2.39. The fraction of sp³-hybridized carbons (Fsp3) is 0.469. The number of aromatic nitrogens is 2. The predicted molar refractivity (Wildman–Crippen MR) is 169 cm³/mol. The van der Waals surface area contributed by atoms with Crippen LogP contribution in [0.25, 0.3) is 0 Å². The van der Waals surface area contributed by atoms with Gasteiger partial charge < -0.3 is 20.4 Å². The van der Waals surface area contributed by atoms with Crippen LogP contribution >= 0.6 is 23.8 Å². The lowest BCUT2D eigenvalue weighted by Gasteiger charge is -2.38. The summed E-state index contributed by atoms with van der Waals surface area (Å²) in [5.74, 6) is 3.23. The molecule has 2 fully saturated rings. The SMILES string of the molecule is CC1CCN(c2cc(N3Cc4ccccc4C3)nc(NC(=S)NCC3(c4ccc(Cl)cc4)CCCCC3)n2)CC1. The molecule has 6 nitrogen and oxygen atoms in total. The summed E-state index contributed by atoms with van der Waals surface area (Å²) in [7, 11) is 0. The Morgan fingerprint density at radius 2 is 1.55 bits per heavy atom. The molecule has 210 valence electrons. The van der Waals surface area contributed by atoms with Gasteiger partial charge in [-0.1, -0.05) is 74.2 Å². The number of anilines is 3. The molecule has 1 aromatic heterocycles. The number of nitrogens with one attached hydrogen (secondary N) is 2. The maximum Gasteiger partial charge on any atom is 0.232 e. The monoisotopic (exact) mass is 574 g/mol. The van der Waals surface area contributed by atoms with E-state index in [4.69, 9.17) is 33.8 Å². The van der Waals surface area contributed by atoms with E-state index in [9.17, 15) is 0 Å². The highest BCUT2D eigenvalue weighted by Gasteiger charge is 2.34. The van der Waals surface area contributed by atoms with Crippen molar-refractivity contribution in [2.75, 3.05) is 34.8 Å². The standard InChI is InChI=1S/C32H39ClN6S/c1-23-13-17-38(18-14-23)28-19-29(39-20-24-7-3-4-8-25(24)21-39)36-30(35-28)37-31(40)34-22-32(15-5-2-6-16-32)26-9-11-27(33)12-10-26/h3-4,7-12,19,23H,2,5-6,13-18,20-22H2,1H3,(H2,34,35,36,37,40). The van der Waals surface area contributed by atoms with Gasteiger partial charge in [0.25, 0.3) is 0 Å². The van der Waals surface area contributed by atoms with E-state index < -0.39 is 0 Å². The van der Waals surface area contributed by atoms with Crippen LogP contribution in [0.5, 0.6) is 0 Å². The molecule has 3 aromatic rings. The summed E-state index contributed by atoms with van der Waals surface area (Å²) in [6.07, 6.45) is 8.40. The fourth-order valence-electron chi connectivity index (χ4n) is 6.53. The molecule has 1 saturated carbocycles. The molecule has 8 heteroatoms. The van der Waals surface area contributed by atoms with Gasteiger partial charge in [0.2, 0.25) is 5.95 Å². The molecule has 0 unspecified atom stereocenters. The van der Waals surface area contributed by atoms with Crippen molar-refractivity contribution in [3.05, 3.63) is 76.3 Å². The van der Waals surface area contributed by atoms with Crippen molar-refractivity contribution >= 4 is 46.5 Å². The molecule has 0 atom stereocenters. The minimum Gasteiger partial charge on any atom is -0.361 e. The van der Waals surface area contributed by atoms with Crippen LogP contribution in [0.2, 0.25) is 5.02 Å². The quantitative estimate of drug-likeness (QED) is 0.305. The van der Waals surface area contributed by atoms with E-state index in [1.165, 1.54) is 48.8 Å². The summed E-state index contributed by atoms with van der Waals surface area (Å²) >= 11 is 12.0. The van der Waals surface area contributed by atoms with Crippen LogP contribution in [0.3, 0.4) is 0 Å². The van der Waals surface area contributed by atoms with Crippen molar-refractivity contribution in [1.82, 2.24) is 15.3 Å². The first-order chi connectivity index (χ1) is 19.5. The first kappa shape index (κ1) is 27.3. The molecule has 40 heavy (non-hydrogen) atoms. The summed E-state index contributed by atoms with van der Waals surface area (Å²) in [6, 6.07) is 19.2. The van der Waals surface area contributed by atoms with E-state index in [1.807, 2.05) is 12.1 Å². The molecule has 6 rings (SSSR count). The minimum absolute atomic E-state index is 0.0499. The van der Waals surface area contributed by atoms with Crippen molar-refractivity contribution in [3.8, 4) is 0 Å². The summed E-state index contributed by atoms with van der Waals surface area (Å²) in [5, 5.41) is 8.24. The average Bonchev–Trinajstić information content (AvgIpc) is 3.42. The summed E-state index contributed by atoms with van der Waals surface area (Å²) < 4.78 is 0. The summed E-state index contributed by atoms with van der Waals surface area (Å²) in [6.45, 7) is 6.86. The Bertz CT molecular complexity index is 1310. The Morgan fingerprint density at radius 3 is 2.20 bits per heavy atom. The van der Waals surface area contributed by atoms with Gasteiger partial charge in [-0.25, -0.2) is 0 Å². The first-order valence-electron chi connectivity index (χ1n) is 14.7. The van der Waals surface area contributed by atoms with E-state index in [1.54, 1.807) is 0 Å². The van der Waals surface area contributed by atoms with Gasteiger partial charge in [0.1, 0.15) is 11.6 Å². The first-order valence-corrected chi connectivity index (χ1v) is 15.5. The topological polar surface area (TPSA) is 56.3 Å². The number of piperidine rings is 1. The Hall–Kier alpha value is -2.90. The second-order valence-corrected chi connectivity index (χ2v) is 12.7. The molecule has 0 radical (unpaired) electrons. The van der Waals surface area contributed by atoms with Crippen LogP contribution in [0.4, 0.5) is 17.6 Å². The largest absolute Gasteiger partial charge is 0.361 e. The lowest BCUT2D eigenvalue weighted by molar-refractivity contribution is 0.292. The van der Waals surface area contributed by atoms with Crippen LogP contribution in [-0.4, -0.2) is 34.7 Å². The van der Waals surface area contributed by atoms with Crippen LogP contribution in [0.1, 0.15) is 68.6 Å². The molecule has 3 aliphatic rings. The zero-order valence-corrected chi connectivity index (χ0v) is 24.9. The van der Waals surface area contributed by atoms with Crippen LogP contribution in [-0.2, 0) is 18.5 Å². The number of fused-ring (bicyclic) bond motifs is 1. The third kappa shape index (κ3) is 6.06. The molecule has 3 heterocycles. The molecule has 0 amide bonds. The van der Waals surface area contributed by atoms with Crippen molar-refractivity contribution < 1.29 is 0 Å². The molecular formula is C32H39ClN6S. The normalized spacial score (nSPS) is 18.9. The number of rotatable bonds is 6. The van der Waals surface area contributed by atoms with E-state index in [2.05, 4.69) is 69.8 Å². The molecule has 2 aromatic carbocycles. The minimum atomic E-state index is 0.0499. The zero-order chi connectivity index (χ0) is 27.5. The Balaban J connectivity index is 1.20. The molecule has 2 N–H and O–H groups in total. The highest BCUT2D eigenvalue weighted by atomic mass is 35.5.